The third kappa shape index (κ3) is 4.52. The highest BCUT2D eigenvalue weighted by atomic mass is 16.5. The lowest BCUT2D eigenvalue weighted by Gasteiger charge is -2.35. The molecule has 3 aliphatic rings. The summed E-state index contributed by atoms with van der Waals surface area (Å²) >= 11 is 0. The molecule has 1 aliphatic carbocycles. The Labute approximate surface area is 185 Å². The van der Waals surface area contributed by atoms with Gasteiger partial charge in [0.05, 0.1) is 20.1 Å². The molecule has 0 unspecified atom stereocenters. The highest BCUT2D eigenvalue weighted by Gasteiger charge is 2.44. The fraction of sp³-hybridized carbons (Fsp3) is 0.667. The van der Waals surface area contributed by atoms with Gasteiger partial charge in [-0.25, -0.2) is 0 Å². The van der Waals surface area contributed by atoms with E-state index in [2.05, 4.69) is 11.9 Å². The van der Waals surface area contributed by atoms with Gasteiger partial charge < -0.3 is 24.2 Å². The molecular weight excluding hydrogens is 394 g/mol. The first-order chi connectivity index (χ1) is 15.0. The molecule has 170 valence electrons. The van der Waals surface area contributed by atoms with Gasteiger partial charge in [-0.3, -0.25) is 9.59 Å². The van der Waals surface area contributed by atoms with E-state index in [0.717, 1.165) is 68.9 Å². The number of hydrogen-bond acceptors (Lipinski definition) is 5. The van der Waals surface area contributed by atoms with Crippen LogP contribution in [0, 0.1) is 11.8 Å². The third-order valence-electron chi connectivity index (χ3n) is 7.30. The molecule has 2 amide bonds. The number of carbonyl (C=O) groups is 2. The second-order valence-corrected chi connectivity index (χ2v) is 9.17. The van der Waals surface area contributed by atoms with Gasteiger partial charge >= 0.3 is 0 Å². The molecule has 2 aliphatic heterocycles. The van der Waals surface area contributed by atoms with Crippen LogP contribution >= 0.6 is 0 Å². The molecule has 2 atom stereocenters. The van der Waals surface area contributed by atoms with Crippen LogP contribution in [0.3, 0.4) is 0 Å². The van der Waals surface area contributed by atoms with Crippen molar-refractivity contribution in [2.45, 2.75) is 31.6 Å². The Morgan fingerprint density at radius 2 is 1.61 bits per heavy atom. The molecule has 0 radical (unpaired) electrons. The maximum absolute atomic E-state index is 13.6. The molecule has 2 heterocycles. The lowest BCUT2D eigenvalue weighted by molar-refractivity contribution is -0.138. The van der Waals surface area contributed by atoms with Crippen molar-refractivity contribution in [3.63, 3.8) is 0 Å². The summed E-state index contributed by atoms with van der Waals surface area (Å²) in [5.41, 5.74) is 0.955. The summed E-state index contributed by atoms with van der Waals surface area (Å²) in [6.45, 7) is 4.30. The molecule has 0 aromatic heterocycles. The Morgan fingerprint density at radius 1 is 0.903 bits per heavy atom. The van der Waals surface area contributed by atoms with Crippen LogP contribution < -0.4 is 9.47 Å². The molecule has 4 rings (SSSR count). The second kappa shape index (κ2) is 9.47. The monoisotopic (exact) mass is 429 g/mol. The largest absolute Gasteiger partial charge is 0.497 e. The zero-order valence-corrected chi connectivity index (χ0v) is 19.0. The van der Waals surface area contributed by atoms with Gasteiger partial charge in [0.25, 0.3) is 0 Å². The smallest absolute Gasteiger partial charge is 0.228 e. The Balaban J connectivity index is 1.62. The van der Waals surface area contributed by atoms with E-state index < -0.39 is 0 Å². The minimum Gasteiger partial charge on any atom is -0.497 e. The summed E-state index contributed by atoms with van der Waals surface area (Å²) in [6, 6.07) is 5.74. The van der Waals surface area contributed by atoms with E-state index >= 15 is 0 Å². The molecule has 31 heavy (non-hydrogen) atoms. The average Bonchev–Trinajstić information content (AvgIpc) is 3.49. The van der Waals surface area contributed by atoms with Gasteiger partial charge in [0.15, 0.2) is 0 Å². The Bertz CT molecular complexity index is 800. The molecule has 2 saturated heterocycles. The maximum Gasteiger partial charge on any atom is 0.228 e. The fourth-order valence-electron chi connectivity index (χ4n) is 5.37. The van der Waals surface area contributed by atoms with E-state index in [-0.39, 0.29) is 29.6 Å². The molecule has 3 fully saturated rings. The first-order valence-corrected chi connectivity index (χ1v) is 11.5. The van der Waals surface area contributed by atoms with Crippen molar-refractivity contribution in [1.82, 2.24) is 14.7 Å². The standard InChI is InChI=1S/C24H35N3O4/c1-25-10-12-26(13-11-25)24(29)21-16-27(23(28)17-6-4-5-7-17)15-20(21)19-14-18(30-2)8-9-22(19)31-3/h8-9,14,17,20-21H,4-7,10-13,15-16H2,1-3H3/t20-,21-/m1/s1. The quantitative estimate of drug-likeness (QED) is 0.718. The predicted molar refractivity (Wildman–Crippen MR) is 118 cm³/mol. The summed E-state index contributed by atoms with van der Waals surface area (Å²) < 4.78 is 11.1. The molecule has 0 spiro atoms. The van der Waals surface area contributed by atoms with Crippen molar-refractivity contribution in [3.8, 4) is 11.5 Å². The number of piperazine rings is 1. The zero-order valence-electron chi connectivity index (χ0n) is 19.0. The van der Waals surface area contributed by atoms with E-state index in [0.29, 0.717) is 13.1 Å². The molecule has 1 aromatic carbocycles. The normalized spacial score (nSPS) is 25.1. The number of carbonyl (C=O) groups excluding carboxylic acids is 2. The van der Waals surface area contributed by atoms with Crippen LogP contribution in [0.1, 0.15) is 37.2 Å². The second-order valence-electron chi connectivity index (χ2n) is 9.17. The number of likely N-dealkylation sites (tertiary alicyclic amines) is 1. The van der Waals surface area contributed by atoms with Crippen LogP contribution in [0.4, 0.5) is 0 Å². The van der Waals surface area contributed by atoms with Crippen molar-refractivity contribution >= 4 is 11.8 Å². The van der Waals surface area contributed by atoms with Gasteiger partial charge in [-0.1, -0.05) is 12.8 Å². The molecule has 7 nitrogen and oxygen atoms in total. The highest BCUT2D eigenvalue weighted by molar-refractivity contribution is 5.84. The summed E-state index contributed by atoms with van der Waals surface area (Å²) in [5.74, 6) is 1.63. The average molecular weight is 430 g/mol. The lowest BCUT2D eigenvalue weighted by Crippen LogP contribution is -2.50. The van der Waals surface area contributed by atoms with Crippen molar-refractivity contribution in [3.05, 3.63) is 23.8 Å². The number of rotatable bonds is 5. The lowest BCUT2D eigenvalue weighted by atomic mass is 9.87. The maximum atomic E-state index is 13.6. The first-order valence-electron chi connectivity index (χ1n) is 11.5. The number of ether oxygens (including phenoxy) is 2. The Morgan fingerprint density at radius 3 is 2.26 bits per heavy atom. The van der Waals surface area contributed by atoms with Gasteiger partial charge in [-0.05, 0) is 38.1 Å². The Hall–Kier alpha value is -2.28. The van der Waals surface area contributed by atoms with E-state index in [9.17, 15) is 9.59 Å². The van der Waals surface area contributed by atoms with Gasteiger partial charge in [-0.2, -0.15) is 0 Å². The SMILES string of the molecule is COc1ccc(OC)c([C@H]2CN(C(=O)C3CCCC3)C[C@H]2C(=O)N2CCN(C)CC2)c1. The van der Waals surface area contributed by atoms with E-state index in [1.807, 2.05) is 28.0 Å². The van der Waals surface area contributed by atoms with Crippen molar-refractivity contribution in [2.75, 3.05) is 60.5 Å². The predicted octanol–water partition coefficient (Wildman–Crippen LogP) is 2.21. The van der Waals surface area contributed by atoms with Gasteiger partial charge in [0, 0.05) is 56.7 Å². The summed E-state index contributed by atoms with van der Waals surface area (Å²) in [7, 11) is 5.38. The first kappa shape index (κ1) is 21.9. The Kier molecular flexibility index (Phi) is 6.70. The molecule has 7 heteroatoms. The van der Waals surface area contributed by atoms with Gasteiger partial charge in [0.1, 0.15) is 11.5 Å². The topological polar surface area (TPSA) is 62.3 Å². The number of amides is 2. The molecule has 1 saturated carbocycles. The summed E-state index contributed by atoms with van der Waals surface area (Å²) in [4.78, 5) is 33.0. The highest BCUT2D eigenvalue weighted by Crippen LogP contribution is 2.41. The van der Waals surface area contributed by atoms with Gasteiger partial charge in [-0.15, -0.1) is 0 Å². The third-order valence-corrected chi connectivity index (χ3v) is 7.30. The van der Waals surface area contributed by atoms with Crippen molar-refractivity contribution in [2.24, 2.45) is 11.8 Å². The zero-order chi connectivity index (χ0) is 22.0. The fourth-order valence-corrected chi connectivity index (χ4v) is 5.37. The number of hydrogen-bond donors (Lipinski definition) is 0. The molecule has 0 bridgehead atoms. The summed E-state index contributed by atoms with van der Waals surface area (Å²) in [5, 5.41) is 0. The van der Waals surface area contributed by atoms with Crippen molar-refractivity contribution < 1.29 is 19.1 Å². The minimum atomic E-state index is -0.255. The van der Waals surface area contributed by atoms with Crippen LogP contribution in [-0.4, -0.2) is 87.0 Å². The summed E-state index contributed by atoms with van der Waals surface area (Å²) in [6.07, 6.45) is 4.20. The molecule has 0 N–H and O–H groups in total. The van der Waals surface area contributed by atoms with Gasteiger partial charge in [0.2, 0.25) is 11.8 Å². The van der Waals surface area contributed by atoms with Crippen molar-refractivity contribution in [1.29, 1.82) is 0 Å². The molecule has 1 aromatic rings. The minimum absolute atomic E-state index is 0.0949. The number of nitrogens with zero attached hydrogens (tertiary/aromatic N) is 3. The van der Waals surface area contributed by atoms with Crippen LogP contribution in [0.5, 0.6) is 11.5 Å². The van der Waals surface area contributed by atoms with E-state index in [1.54, 1.807) is 14.2 Å². The molecular formula is C24H35N3O4. The number of likely N-dealkylation sites (N-methyl/N-ethyl adjacent to an activating group) is 1. The number of methoxy groups -OCH3 is 2. The van der Waals surface area contributed by atoms with Crippen LogP contribution in [-0.2, 0) is 9.59 Å². The van der Waals surface area contributed by atoms with Crippen LogP contribution in [0.25, 0.3) is 0 Å². The van der Waals surface area contributed by atoms with Crippen LogP contribution in [0.15, 0.2) is 18.2 Å². The van der Waals surface area contributed by atoms with E-state index in [4.69, 9.17) is 9.47 Å². The number of benzene rings is 1. The van der Waals surface area contributed by atoms with Crippen LogP contribution in [0.2, 0.25) is 0 Å². The van der Waals surface area contributed by atoms with E-state index in [1.165, 1.54) is 0 Å².